The van der Waals surface area contributed by atoms with Gasteiger partial charge in [0.1, 0.15) is 6.04 Å². The van der Waals surface area contributed by atoms with Crippen molar-refractivity contribution < 1.29 is 19.1 Å². The molecule has 2 aliphatic rings. The molecule has 0 aromatic heterocycles. The molecule has 7 nitrogen and oxygen atoms in total. The Kier molecular flexibility index (Phi) is 9.53. The quantitative estimate of drug-likeness (QED) is 0.418. The maximum atomic E-state index is 13.7. The van der Waals surface area contributed by atoms with Crippen LogP contribution in [0.3, 0.4) is 0 Å². The Labute approximate surface area is 200 Å². The zero-order valence-electron chi connectivity index (χ0n) is 21.9. The van der Waals surface area contributed by atoms with Gasteiger partial charge < -0.3 is 15.0 Å². The molecule has 0 radical (unpaired) electrons. The Morgan fingerprint density at radius 2 is 1.79 bits per heavy atom. The van der Waals surface area contributed by atoms with E-state index in [9.17, 15) is 14.4 Å². The third-order valence-corrected chi connectivity index (χ3v) is 6.76. The van der Waals surface area contributed by atoms with E-state index in [2.05, 4.69) is 10.2 Å². The van der Waals surface area contributed by atoms with Crippen LogP contribution in [0.1, 0.15) is 80.6 Å². The molecule has 2 fully saturated rings. The van der Waals surface area contributed by atoms with Gasteiger partial charge in [0.2, 0.25) is 11.8 Å². The summed E-state index contributed by atoms with van der Waals surface area (Å²) in [5, 5.41) is 3.13. The monoisotopic (exact) mass is 463 g/mol. The predicted molar refractivity (Wildman–Crippen MR) is 131 cm³/mol. The largest absolute Gasteiger partial charge is 0.463 e. The van der Waals surface area contributed by atoms with Crippen LogP contribution in [-0.2, 0) is 19.1 Å². The fourth-order valence-electron chi connectivity index (χ4n) is 4.64. The first kappa shape index (κ1) is 27.4. The molecular formula is C26H45N3O4. The molecule has 0 aromatic rings. The van der Waals surface area contributed by atoms with Crippen molar-refractivity contribution in [3.8, 4) is 0 Å². The molecule has 0 spiro atoms. The van der Waals surface area contributed by atoms with Crippen LogP contribution in [0.2, 0.25) is 0 Å². The number of ether oxygens (including phenoxy) is 1. The second-order valence-electron chi connectivity index (χ2n) is 11.0. The van der Waals surface area contributed by atoms with E-state index in [4.69, 9.17) is 4.74 Å². The second kappa shape index (κ2) is 11.5. The lowest BCUT2D eigenvalue weighted by atomic mass is 9.84. The Morgan fingerprint density at radius 3 is 2.30 bits per heavy atom. The molecule has 0 bridgehead atoms. The summed E-state index contributed by atoms with van der Waals surface area (Å²) in [5.41, 5.74) is 0.0236. The summed E-state index contributed by atoms with van der Waals surface area (Å²) in [4.78, 5) is 43.2. The van der Waals surface area contributed by atoms with Gasteiger partial charge in [0.25, 0.3) is 0 Å². The fourth-order valence-corrected chi connectivity index (χ4v) is 4.64. The molecule has 1 N–H and O–H groups in total. The molecule has 2 rings (SSSR count). The topological polar surface area (TPSA) is 79.0 Å². The highest BCUT2D eigenvalue weighted by molar-refractivity contribution is 5.91. The number of likely N-dealkylation sites (N-methyl/N-ethyl adjacent to an activating group) is 1. The van der Waals surface area contributed by atoms with Crippen molar-refractivity contribution in [2.24, 2.45) is 11.3 Å². The van der Waals surface area contributed by atoms with Crippen molar-refractivity contribution >= 4 is 17.8 Å². The lowest BCUT2D eigenvalue weighted by Gasteiger charge is -2.40. The average molecular weight is 464 g/mol. The van der Waals surface area contributed by atoms with Gasteiger partial charge in [0, 0.05) is 18.7 Å². The van der Waals surface area contributed by atoms with Crippen molar-refractivity contribution in [1.82, 2.24) is 15.1 Å². The number of rotatable bonds is 9. The van der Waals surface area contributed by atoms with Gasteiger partial charge in [-0.05, 0) is 57.4 Å². The van der Waals surface area contributed by atoms with Gasteiger partial charge >= 0.3 is 5.97 Å². The molecule has 1 aliphatic carbocycles. The van der Waals surface area contributed by atoms with Gasteiger partial charge in [-0.15, -0.1) is 0 Å². The normalized spacial score (nSPS) is 22.0. The number of hydrogen-bond donors (Lipinski definition) is 1. The average Bonchev–Trinajstić information content (AvgIpc) is 3.59. The summed E-state index contributed by atoms with van der Waals surface area (Å²) in [5.74, 6) is -0.468. The Bertz CT molecular complexity index is 736. The van der Waals surface area contributed by atoms with Gasteiger partial charge in [0.15, 0.2) is 0 Å². The first-order chi connectivity index (χ1) is 15.4. The van der Waals surface area contributed by atoms with Gasteiger partial charge in [-0.2, -0.15) is 0 Å². The van der Waals surface area contributed by atoms with E-state index >= 15 is 0 Å². The number of nitrogens with zero attached hydrogens (tertiary/aromatic N) is 2. The fraction of sp³-hybridized carbons (Fsp3) is 0.808. The summed E-state index contributed by atoms with van der Waals surface area (Å²) < 4.78 is 5.11. The summed E-state index contributed by atoms with van der Waals surface area (Å²) in [6.45, 7) is 14.7. The number of likely N-dealkylation sites (tertiary alicyclic amines) is 1. The number of piperidine rings is 1. The van der Waals surface area contributed by atoms with Crippen molar-refractivity contribution in [2.45, 2.75) is 105 Å². The molecule has 1 aliphatic heterocycles. The molecule has 1 saturated carbocycles. The van der Waals surface area contributed by atoms with Crippen LogP contribution in [0.25, 0.3) is 0 Å². The minimum atomic E-state index is -0.657. The number of esters is 1. The molecule has 7 heteroatoms. The van der Waals surface area contributed by atoms with Gasteiger partial charge in [0.05, 0.1) is 18.7 Å². The van der Waals surface area contributed by atoms with E-state index in [1.807, 2.05) is 34.6 Å². The predicted octanol–water partition coefficient (Wildman–Crippen LogP) is 3.53. The lowest BCUT2D eigenvalue weighted by molar-refractivity contribution is -0.142. The lowest BCUT2D eigenvalue weighted by Crippen LogP contribution is -2.60. The SMILES string of the molecule is CCOC(=O)/C(C)=C/[C@H](C(C)C)N(C)C(=O)[C@@H](NC(=O)[C@H]1CCCCN1C1CC1)C(C)(C)C. The second-order valence-corrected chi connectivity index (χ2v) is 11.0. The van der Waals surface area contributed by atoms with Crippen LogP contribution in [0.15, 0.2) is 11.6 Å². The minimum absolute atomic E-state index is 0.0392. The molecule has 2 amide bonds. The van der Waals surface area contributed by atoms with Crippen LogP contribution in [0.5, 0.6) is 0 Å². The van der Waals surface area contributed by atoms with Gasteiger partial charge in [-0.3, -0.25) is 14.5 Å². The molecule has 33 heavy (non-hydrogen) atoms. The zero-order valence-corrected chi connectivity index (χ0v) is 21.9. The summed E-state index contributed by atoms with van der Waals surface area (Å²) in [6, 6.07) is -0.577. The maximum absolute atomic E-state index is 13.7. The van der Waals surface area contributed by atoms with Crippen molar-refractivity contribution in [1.29, 1.82) is 0 Å². The standard InChI is InChI=1S/C26H45N3O4/c1-9-33-25(32)18(4)16-21(17(2)3)28(8)24(31)22(26(5,6)7)27-23(30)20-12-10-11-15-29(20)19-13-14-19/h16-17,19-22H,9-15H2,1-8H3,(H,27,30)/b18-16+/t20-,21-,22-/m1/s1. The number of hydrogen-bond acceptors (Lipinski definition) is 5. The molecule has 188 valence electrons. The number of carbonyl (C=O) groups is 3. The summed E-state index contributed by atoms with van der Waals surface area (Å²) >= 11 is 0. The highest BCUT2D eigenvalue weighted by Crippen LogP contribution is 2.33. The highest BCUT2D eigenvalue weighted by atomic mass is 16.5. The van der Waals surface area contributed by atoms with Crippen molar-refractivity contribution in [3.05, 3.63) is 11.6 Å². The third-order valence-electron chi connectivity index (χ3n) is 6.76. The number of nitrogens with one attached hydrogen (secondary N) is 1. The van der Waals surface area contributed by atoms with Gasteiger partial charge in [-0.1, -0.05) is 47.1 Å². The molecule has 3 atom stereocenters. The van der Waals surface area contributed by atoms with Crippen molar-refractivity contribution in [3.63, 3.8) is 0 Å². The van der Waals surface area contributed by atoms with Crippen LogP contribution in [-0.4, -0.2) is 72.0 Å². The molecule has 1 heterocycles. The van der Waals surface area contributed by atoms with E-state index in [0.29, 0.717) is 18.2 Å². The smallest absolute Gasteiger partial charge is 0.333 e. The first-order valence-corrected chi connectivity index (χ1v) is 12.6. The van der Waals surface area contributed by atoms with Gasteiger partial charge in [-0.25, -0.2) is 4.79 Å². The first-order valence-electron chi connectivity index (χ1n) is 12.6. The van der Waals surface area contributed by atoms with Crippen LogP contribution < -0.4 is 5.32 Å². The Balaban J connectivity index is 2.21. The van der Waals surface area contributed by atoms with Crippen molar-refractivity contribution in [2.75, 3.05) is 20.2 Å². The highest BCUT2D eigenvalue weighted by Gasteiger charge is 2.42. The van der Waals surface area contributed by atoms with E-state index < -0.39 is 11.5 Å². The number of amides is 2. The van der Waals surface area contributed by atoms with Crippen LogP contribution in [0, 0.1) is 11.3 Å². The maximum Gasteiger partial charge on any atom is 0.333 e. The zero-order chi connectivity index (χ0) is 24.9. The molecule has 1 saturated heterocycles. The minimum Gasteiger partial charge on any atom is -0.463 e. The van der Waals surface area contributed by atoms with E-state index in [1.54, 1.807) is 31.9 Å². The Morgan fingerprint density at radius 1 is 1.15 bits per heavy atom. The molecular weight excluding hydrogens is 418 g/mol. The summed E-state index contributed by atoms with van der Waals surface area (Å²) in [6.07, 6.45) is 7.15. The third kappa shape index (κ3) is 7.29. The van der Waals surface area contributed by atoms with Crippen LogP contribution in [0.4, 0.5) is 0 Å². The van der Waals surface area contributed by atoms with E-state index in [-0.39, 0.29) is 35.8 Å². The van der Waals surface area contributed by atoms with E-state index in [0.717, 1.165) is 38.6 Å². The number of carbonyl (C=O) groups excluding carboxylic acids is 3. The van der Waals surface area contributed by atoms with Crippen LogP contribution >= 0.6 is 0 Å². The molecule has 0 aromatic carbocycles. The van der Waals surface area contributed by atoms with E-state index in [1.165, 1.54) is 0 Å². The summed E-state index contributed by atoms with van der Waals surface area (Å²) in [7, 11) is 1.75. The molecule has 0 unspecified atom stereocenters. The Hall–Kier alpha value is -1.89.